The fraction of sp³-hybridized carbons (Fsp3) is 0.462. The smallest absolute Gasteiger partial charge is 0.328 e. The van der Waals surface area contributed by atoms with E-state index in [-0.39, 0.29) is 0 Å². The molecule has 0 aliphatic rings. The first-order valence-electron chi connectivity index (χ1n) is 5.42. The van der Waals surface area contributed by atoms with Gasteiger partial charge in [0.1, 0.15) is 11.3 Å². The summed E-state index contributed by atoms with van der Waals surface area (Å²) in [4.78, 5) is 12.9. The van der Waals surface area contributed by atoms with Crippen LogP contribution < -0.4 is 9.64 Å². The maximum atomic E-state index is 11.2. The van der Waals surface area contributed by atoms with Gasteiger partial charge in [0.25, 0.3) is 0 Å². The van der Waals surface area contributed by atoms with Crippen LogP contribution in [-0.4, -0.2) is 30.8 Å². The maximum Gasteiger partial charge on any atom is 0.328 e. The highest BCUT2D eigenvalue weighted by Crippen LogP contribution is 2.27. The van der Waals surface area contributed by atoms with Gasteiger partial charge in [-0.1, -0.05) is 0 Å². The minimum atomic E-state index is -0.943. The van der Waals surface area contributed by atoms with Gasteiger partial charge in [0.15, 0.2) is 0 Å². The summed E-state index contributed by atoms with van der Waals surface area (Å²) in [6.07, 6.45) is 0. The molecule has 0 heterocycles. The number of carboxylic acid groups (broad SMARTS) is 1. The zero-order valence-corrected chi connectivity index (χ0v) is 10.9. The number of hydrogen-bond donors (Lipinski definition) is 1. The molecule has 0 radical (unpaired) electrons. The second-order valence-corrected chi connectivity index (χ2v) is 4.58. The molecule has 0 fully saturated rings. The van der Waals surface area contributed by atoms with Crippen LogP contribution in [0.25, 0.3) is 0 Å². The van der Waals surface area contributed by atoms with Crippen LogP contribution in [0.5, 0.6) is 5.75 Å². The van der Waals surface area contributed by atoms with Crippen LogP contribution in [0.2, 0.25) is 0 Å². The lowest BCUT2D eigenvalue weighted by atomic mass is 10.0. The number of rotatable bonds is 4. The van der Waals surface area contributed by atoms with Crippen LogP contribution in [0.3, 0.4) is 0 Å². The van der Waals surface area contributed by atoms with E-state index in [0.717, 1.165) is 17.0 Å². The molecule has 0 atom stereocenters. The number of aryl methyl sites for hydroxylation is 1. The van der Waals surface area contributed by atoms with E-state index in [9.17, 15) is 9.90 Å². The molecule has 0 aliphatic carbocycles. The van der Waals surface area contributed by atoms with E-state index in [0.29, 0.717) is 0 Å². The van der Waals surface area contributed by atoms with Crippen molar-refractivity contribution in [2.75, 3.05) is 19.1 Å². The Kier molecular flexibility index (Phi) is 3.66. The Morgan fingerprint density at radius 3 is 2.41 bits per heavy atom. The van der Waals surface area contributed by atoms with Crippen molar-refractivity contribution < 1.29 is 14.6 Å². The number of nitrogens with zero attached hydrogens (tertiary/aromatic N) is 1. The molecule has 1 aromatic rings. The first-order chi connectivity index (χ1) is 7.80. The highest BCUT2D eigenvalue weighted by molar-refractivity contribution is 5.82. The molecule has 0 bridgehead atoms. The van der Waals surface area contributed by atoms with Crippen molar-refractivity contribution in [2.24, 2.45) is 0 Å². The molecule has 1 N–H and O–H groups in total. The first kappa shape index (κ1) is 13.4. The highest BCUT2D eigenvalue weighted by Gasteiger charge is 2.32. The summed E-state index contributed by atoms with van der Waals surface area (Å²) in [5.74, 6) is -0.0521. The maximum absolute atomic E-state index is 11.2. The van der Waals surface area contributed by atoms with Crippen molar-refractivity contribution in [3.05, 3.63) is 23.8 Å². The van der Waals surface area contributed by atoms with Crippen molar-refractivity contribution in [2.45, 2.75) is 26.3 Å². The lowest BCUT2D eigenvalue weighted by Gasteiger charge is -2.33. The predicted octanol–water partition coefficient (Wildman–Crippen LogP) is 2.30. The average molecular weight is 237 g/mol. The minimum Gasteiger partial charge on any atom is -0.496 e. The first-order valence-corrected chi connectivity index (χ1v) is 5.42. The Hall–Kier alpha value is -1.71. The van der Waals surface area contributed by atoms with Crippen LogP contribution in [0, 0.1) is 6.92 Å². The van der Waals surface area contributed by atoms with Crippen molar-refractivity contribution in [1.82, 2.24) is 0 Å². The molecule has 0 spiro atoms. The van der Waals surface area contributed by atoms with Gasteiger partial charge in [0.05, 0.1) is 7.11 Å². The monoisotopic (exact) mass is 237 g/mol. The molecule has 0 saturated heterocycles. The number of likely N-dealkylation sites (N-methyl/N-ethyl adjacent to an activating group) is 1. The number of hydrogen-bond acceptors (Lipinski definition) is 3. The molecule has 1 aromatic carbocycles. The molecule has 0 saturated carbocycles. The topological polar surface area (TPSA) is 49.8 Å². The summed E-state index contributed by atoms with van der Waals surface area (Å²) >= 11 is 0. The van der Waals surface area contributed by atoms with Crippen molar-refractivity contribution in [1.29, 1.82) is 0 Å². The van der Waals surface area contributed by atoms with Gasteiger partial charge in [0, 0.05) is 12.7 Å². The number of methoxy groups -OCH3 is 1. The highest BCUT2D eigenvalue weighted by atomic mass is 16.5. The second kappa shape index (κ2) is 4.65. The van der Waals surface area contributed by atoms with Crippen molar-refractivity contribution in [3.8, 4) is 5.75 Å². The molecular formula is C13H19NO3. The van der Waals surface area contributed by atoms with E-state index >= 15 is 0 Å². The van der Waals surface area contributed by atoms with E-state index < -0.39 is 11.5 Å². The van der Waals surface area contributed by atoms with Gasteiger partial charge in [-0.25, -0.2) is 4.79 Å². The molecule has 0 unspecified atom stereocenters. The zero-order valence-electron chi connectivity index (χ0n) is 10.9. The fourth-order valence-corrected chi connectivity index (χ4v) is 1.54. The SMILES string of the molecule is COc1ccc(N(C)C(C)(C)C(=O)O)cc1C. The molecule has 0 aliphatic heterocycles. The molecule has 94 valence electrons. The van der Waals surface area contributed by atoms with Gasteiger partial charge < -0.3 is 14.7 Å². The van der Waals surface area contributed by atoms with Crippen LogP contribution in [-0.2, 0) is 4.79 Å². The largest absolute Gasteiger partial charge is 0.496 e. The van der Waals surface area contributed by atoms with Gasteiger partial charge in [0.2, 0.25) is 0 Å². The zero-order chi connectivity index (χ0) is 13.2. The van der Waals surface area contributed by atoms with E-state index in [1.54, 1.807) is 32.9 Å². The third-order valence-electron chi connectivity index (χ3n) is 3.13. The van der Waals surface area contributed by atoms with Crippen LogP contribution in [0.1, 0.15) is 19.4 Å². The van der Waals surface area contributed by atoms with Gasteiger partial charge in [-0.15, -0.1) is 0 Å². The Morgan fingerprint density at radius 1 is 1.41 bits per heavy atom. The van der Waals surface area contributed by atoms with Gasteiger partial charge in [-0.3, -0.25) is 0 Å². The molecule has 4 heteroatoms. The van der Waals surface area contributed by atoms with Gasteiger partial charge >= 0.3 is 5.97 Å². The fourth-order valence-electron chi connectivity index (χ4n) is 1.54. The standard InChI is InChI=1S/C13H19NO3/c1-9-8-10(6-7-11(9)17-5)14(4)13(2,3)12(15)16/h6-8H,1-5H3,(H,15,16). The van der Waals surface area contributed by atoms with Gasteiger partial charge in [-0.05, 0) is 44.5 Å². The summed E-state index contributed by atoms with van der Waals surface area (Å²) < 4.78 is 5.18. The summed E-state index contributed by atoms with van der Waals surface area (Å²) in [5, 5.41) is 9.18. The van der Waals surface area contributed by atoms with Crippen LogP contribution in [0.15, 0.2) is 18.2 Å². The Morgan fingerprint density at radius 2 is 2.00 bits per heavy atom. The minimum absolute atomic E-state index is 0.801. The number of carbonyl (C=O) groups is 1. The van der Waals surface area contributed by atoms with E-state index in [1.165, 1.54) is 0 Å². The Balaban J connectivity index is 3.09. The summed E-state index contributed by atoms with van der Waals surface area (Å²) in [5.41, 5.74) is 0.898. The number of ether oxygens (including phenoxy) is 1. The molecule has 1 rings (SSSR count). The van der Waals surface area contributed by atoms with Crippen molar-refractivity contribution >= 4 is 11.7 Å². The third-order valence-corrected chi connectivity index (χ3v) is 3.13. The number of benzene rings is 1. The van der Waals surface area contributed by atoms with E-state index in [1.807, 2.05) is 25.1 Å². The summed E-state index contributed by atoms with van der Waals surface area (Å²) in [7, 11) is 3.39. The number of aliphatic carboxylic acids is 1. The van der Waals surface area contributed by atoms with Crippen LogP contribution >= 0.6 is 0 Å². The summed E-state index contributed by atoms with van der Waals surface area (Å²) in [6, 6.07) is 5.62. The third kappa shape index (κ3) is 2.52. The lowest BCUT2D eigenvalue weighted by molar-refractivity contribution is -0.142. The Bertz CT molecular complexity index is 427. The average Bonchev–Trinajstić information content (AvgIpc) is 2.27. The molecular weight excluding hydrogens is 218 g/mol. The van der Waals surface area contributed by atoms with E-state index in [2.05, 4.69) is 0 Å². The summed E-state index contributed by atoms with van der Waals surface area (Å²) in [6.45, 7) is 5.29. The van der Waals surface area contributed by atoms with E-state index in [4.69, 9.17) is 4.74 Å². The molecule has 17 heavy (non-hydrogen) atoms. The van der Waals surface area contributed by atoms with Gasteiger partial charge in [-0.2, -0.15) is 0 Å². The normalized spacial score (nSPS) is 11.1. The molecule has 0 aromatic heterocycles. The second-order valence-electron chi connectivity index (χ2n) is 4.58. The Labute approximate surface area is 102 Å². The quantitative estimate of drug-likeness (QED) is 0.873. The number of carboxylic acids is 1. The lowest BCUT2D eigenvalue weighted by Crippen LogP contribution is -2.48. The molecule has 0 amide bonds. The van der Waals surface area contributed by atoms with Crippen molar-refractivity contribution in [3.63, 3.8) is 0 Å². The molecule has 4 nitrogen and oxygen atoms in total. The number of anilines is 1. The predicted molar refractivity (Wildman–Crippen MR) is 67.8 cm³/mol. The van der Waals surface area contributed by atoms with Crippen LogP contribution in [0.4, 0.5) is 5.69 Å².